The van der Waals surface area contributed by atoms with Crippen LogP contribution in [0, 0.1) is 0 Å². The predicted molar refractivity (Wildman–Crippen MR) is 81.1 cm³/mol. The van der Waals surface area contributed by atoms with Crippen LogP contribution in [0.1, 0.15) is 57.8 Å². The number of urea groups is 1. The molecule has 1 spiro atoms. The van der Waals surface area contributed by atoms with Crippen LogP contribution in [0.3, 0.4) is 0 Å². The highest BCUT2D eigenvalue weighted by Gasteiger charge is 2.52. The first-order valence-electron chi connectivity index (χ1n) is 8.54. The maximum absolute atomic E-state index is 12.6. The number of carbonyl (C=O) groups excluding carboxylic acids is 3. The molecular formula is C16H25N3O3. The summed E-state index contributed by atoms with van der Waals surface area (Å²) in [5.74, 6) is -0.296. The fraction of sp³-hybridized carbons (Fsp3) is 0.812. The first-order valence-corrected chi connectivity index (χ1v) is 8.54. The lowest BCUT2D eigenvalue weighted by Gasteiger charge is -2.26. The van der Waals surface area contributed by atoms with Crippen LogP contribution in [0.15, 0.2) is 0 Å². The monoisotopic (exact) mass is 307 g/mol. The zero-order valence-electron chi connectivity index (χ0n) is 13.1. The van der Waals surface area contributed by atoms with Gasteiger partial charge in [-0.05, 0) is 25.7 Å². The molecule has 122 valence electrons. The SMILES string of the molecule is O=C(CN1C(=O)NC2(CCCC2)C1=O)N1CCCCCCC1. The topological polar surface area (TPSA) is 69.7 Å². The van der Waals surface area contributed by atoms with E-state index < -0.39 is 11.6 Å². The van der Waals surface area contributed by atoms with Gasteiger partial charge in [0.05, 0.1) is 0 Å². The fourth-order valence-electron chi connectivity index (χ4n) is 3.87. The zero-order valence-corrected chi connectivity index (χ0v) is 13.1. The van der Waals surface area contributed by atoms with Gasteiger partial charge in [0.15, 0.2) is 0 Å². The van der Waals surface area contributed by atoms with Crippen LogP contribution in [0.5, 0.6) is 0 Å². The zero-order chi connectivity index (χ0) is 15.6. The van der Waals surface area contributed by atoms with Crippen molar-refractivity contribution in [1.29, 1.82) is 0 Å². The van der Waals surface area contributed by atoms with Crippen molar-refractivity contribution < 1.29 is 14.4 Å². The van der Waals surface area contributed by atoms with Crippen LogP contribution in [0.4, 0.5) is 4.79 Å². The van der Waals surface area contributed by atoms with E-state index in [0.29, 0.717) is 12.8 Å². The molecule has 4 amide bonds. The first kappa shape index (κ1) is 15.3. The molecule has 2 heterocycles. The molecule has 3 fully saturated rings. The van der Waals surface area contributed by atoms with E-state index in [1.807, 2.05) is 4.90 Å². The van der Waals surface area contributed by atoms with E-state index in [4.69, 9.17) is 0 Å². The molecule has 2 saturated heterocycles. The van der Waals surface area contributed by atoms with E-state index in [2.05, 4.69) is 5.32 Å². The van der Waals surface area contributed by atoms with E-state index >= 15 is 0 Å². The summed E-state index contributed by atoms with van der Waals surface area (Å²) < 4.78 is 0. The smallest absolute Gasteiger partial charge is 0.325 e. The molecule has 1 N–H and O–H groups in total. The molecule has 0 unspecified atom stereocenters. The van der Waals surface area contributed by atoms with Gasteiger partial charge >= 0.3 is 6.03 Å². The Morgan fingerprint density at radius 2 is 1.55 bits per heavy atom. The largest absolute Gasteiger partial charge is 0.341 e. The fourth-order valence-corrected chi connectivity index (χ4v) is 3.87. The molecule has 1 aliphatic carbocycles. The number of rotatable bonds is 2. The summed E-state index contributed by atoms with van der Waals surface area (Å²) >= 11 is 0. The lowest BCUT2D eigenvalue weighted by molar-refractivity contribution is -0.139. The minimum Gasteiger partial charge on any atom is -0.341 e. The van der Waals surface area contributed by atoms with E-state index in [9.17, 15) is 14.4 Å². The van der Waals surface area contributed by atoms with Gasteiger partial charge in [-0.2, -0.15) is 0 Å². The molecule has 0 atom stereocenters. The minimum atomic E-state index is -0.715. The Balaban J connectivity index is 1.63. The maximum atomic E-state index is 12.6. The van der Waals surface area contributed by atoms with Gasteiger partial charge in [-0.1, -0.05) is 32.1 Å². The highest BCUT2D eigenvalue weighted by Crippen LogP contribution is 2.34. The van der Waals surface area contributed by atoms with Crippen molar-refractivity contribution >= 4 is 17.8 Å². The Labute approximate surface area is 131 Å². The summed E-state index contributed by atoms with van der Waals surface area (Å²) in [6.07, 6.45) is 8.87. The van der Waals surface area contributed by atoms with Gasteiger partial charge in [0.25, 0.3) is 5.91 Å². The van der Waals surface area contributed by atoms with E-state index in [1.165, 1.54) is 6.42 Å². The number of imide groups is 1. The number of hydrogen-bond donors (Lipinski definition) is 1. The molecule has 1 saturated carbocycles. The molecular weight excluding hydrogens is 282 g/mol. The van der Waals surface area contributed by atoms with Crippen LogP contribution in [0.2, 0.25) is 0 Å². The van der Waals surface area contributed by atoms with Gasteiger partial charge in [-0.15, -0.1) is 0 Å². The van der Waals surface area contributed by atoms with E-state index in [0.717, 1.165) is 56.5 Å². The van der Waals surface area contributed by atoms with Crippen LogP contribution >= 0.6 is 0 Å². The van der Waals surface area contributed by atoms with Gasteiger partial charge in [0.2, 0.25) is 5.91 Å². The third-order valence-corrected chi connectivity index (χ3v) is 5.21. The lowest BCUT2D eigenvalue weighted by Crippen LogP contribution is -2.46. The van der Waals surface area contributed by atoms with Crippen molar-refractivity contribution in [3.63, 3.8) is 0 Å². The summed E-state index contributed by atoms with van der Waals surface area (Å²) in [6.45, 7) is 1.38. The Morgan fingerprint density at radius 3 is 2.18 bits per heavy atom. The number of nitrogens with one attached hydrogen (secondary N) is 1. The third-order valence-electron chi connectivity index (χ3n) is 5.21. The van der Waals surface area contributed by atoms with E-state index in [-0.39, 0.29) is 18.4 Å². The Hall–Kier alpha value is -1.59. The van der Waals surface area contributed by atoms with Crippen molar-refractivity contribution in [2.75, 3.05) is 19.6 Å². The van der Waals surface area contributed by atoms with Crippen molar-refractivity contribution in [2.45, 2.75) is 63.3 Å². The van der Waals surface area contributed by atoms with Gasteiger partial charge in [0.1, 0.15) is 12.1 Å². The predicted octanol–water partition coefficient (Wildman–Crippen LogP) is 1.64. The highest BCUT2D eigenvalue weighted by atomic mass is 16.2. The number of hydrogen-bond acceptors (Lipinski definition) is 3. The minimum absolute atomic E-state index is 0.0968. The third kappa shape index (κ3) is 2.83. The molecule has 0 radical (unpaired) electrons. The number of carbonyl (C=O) groups is 3. The second-order valence-corrected chi connectivity index (χ2v) is 6.76. The van der Waals surface area contributed by atoms with Crippen molar-refractivity contribution in [3.05, 3.63) is 0 Å². The molecule has 0 aromatic heterocycles. The molecule has 22 heavy (non-hydrogen) atoms. The Bertz CT molecular complexity index is 463. The molecule has 6 heteroatoms. The van der Waals surface area contributed by atoms with Crippen LogP contribution < -0.4 is 5.32 Å². The molecule has 6 nitrogen and oxygen atoms in total. The second-order valence-electron chi connectivity index (χ2n) is 6.76. The van der Waals surface area contributed by atoms with Crippen molar-refractivity contribution in [3.8, 4) is 0 Å². The van der Waals surface area contributed by atoms with Crippen molar-refractivity contribution in [1.82, 2.24) is 15.1 Å². The Morgan fingerprint density at radius 1 is 0.955 bits per heavy atom. The lowest BCUT2D eigenvalue weighted by atomic mass is 9.98. The summed E-state index contributed by atoms with van der Waals surface area (Å²) in [7, 11) is 0. The van der Waals surface area contributed by atoms with Gasteiger partial charge in [-0.3, -0.25) is 14.5 Å². The van der Waals surface area contributed by atoms with Crippen LogP contribution in [-0.4, -0.2) is 52.8 Å². The number of nitrogens with zero attached hydrogens (tertiary/aromatic N) is 2. The summed E-state index contributed by atoms with van der Waals surface area (Å²) in [6, 6.07) is -0.396. The summed E-state index contributed by atoms with van der Waals surface area (Å²) in [5, 5.41) is 2.83. The average molecular weight is 307 g/mol. The van der Waals surface area contributed by atoms with Gasteiger partial charge < -0.3 is 10.2 Å². The number of likely N-dealkylation sites (tertiary alicyclic amines) is 1. The number of amides is 4. The normalized spacial score (nSPS) is 25.3. The molecule has 2 aliphatic heterocycles. The molecule has 3 rings (SSSR count). The van der Waals surface area contributed by atoms with Crippen LogP contribution in [-0.2, 0) is 9.59 Å². The quantitative estimate of drug-likeness (QED) is 0.789. The molecule has 0 aromatic carbocycles. The van der Waals surface area contributed by atoms with Gasteiger partial charge in [-0.25, -0.2) is 4.79 Å². The summed E-state index contributed by atoms with van der Waals surface area (Å²) in [4.78, 5) is 40.1. The Kier molecular flexibility index (Phi) is 4.36. The molecule has 0 bridgehead atoms. The maximum Gasteiger partial charge on any atom is 0.325 e. The molecule has 0 aromatic rings. The molecule has 3 aliphatic rings. The van der Waals surface area contributed by atoms with E-state index in [1.54, 1.807) is 0 Å². The summed E-state index contributed by atoms with van der Waals surface area (Å²) in [5.41, 5.74) is -0.715. The average Bonchev–Trinajstić information content (AvgIpc) is 3.00. The van der Waals surface area contributed by atoms with Crippen molar-refractivity contribution in [2.24, 2.45) is 0 Å². The van der Waals surface area contributed by atoms with Crippen LogP contribution in [0.25, 0.3) is 0 Å². The second kappa shape index (κ2) is 6.26. The van der Waals surface area contributed by atoms with Gasteiger partial charge in [0, 0.05) is 13.1 Å². The highest BCUT2D eigenvalue weighted by molar-refractivity contribution is 6.09. The first-order chi connectivity index (χ1) is 10.6. The standard InChI is InChI=1S/C16H25N3O3/c20-13(18-10-6-2-1-3-7-11-18)12-19-14(21)16(17-15(19)22)8-4-5-9-16/h1-12H2,(H,17,22).